The van der Waals surface area contributed by atoms with Crippen LogP contribution in [0, 0.1) is 12.7 Å². The molecule has 6 nitrogen and oxygen atoms in total. The van der Waals surface area contributed by atoms with Crippen molar-refractivity contribution in [3.05, 3.63) is 47.4 Å². The topological polar surface area (TPSA) is 65.7 Å². The SMILES string of the molecule is Cc1cccc(F)c1N1Cc2cnc(N)cc2N(C2CCC(N(C)C)CC2)C1=O. The lowest BCUT2D eigenvalue weighted by Crippen LogP contribution is -2.54. The van der Waals surface area contributed by atoms with Gasteiger partial charge in [0.05, 0.1) is 17.9 Å². The molecule has 1 saturated carbocycles. The largest absolute Gasteiger partial charge is 0.384 e. The Kier molecular flexibility index (Phi) is 5.17. The second-order valence-electron chi connectivity index (χ2n) is 8.31. The first kappa shape index (κ1) is 19.6. The minimum atomic E-state index is -0.388. The first-order valence-electron chi connectivity index (χ1n) is 10.1. The predicted molar refractivity (Wildman–Crippen MR) is 114 cm³/mol. The van der Waals surface area contributed by atoms with Crippen molar-refractivity contribution in [2.45, 2.75) is 51.2 Å². The molecule has 1 aromatic carbocycles. The van der Waals surface area contributed by atoms with E-state index in [0.717, 1.165) is 42.5 Å². The number of rotatable bonds is 3. The standard InChI is InChI=1S/C22H28FN5O/c1-14-5-4-6-18(23)21(14)27-13-15-12-25-20(24)11-19(15)28(22(27)29)17-9-7-16(8-10-17)26(2)3/h4-6,11-12,16-17H,7-10,13H2,1-3H3,(H2,24,25). The summed E-state index contributed by atoms with van der Waals surface area (Å²) < 4.78 is 14.7. The van der Waals surface area contributed by atoms with Crippen LogP contribution in [-0.2, 0) is 6.54 Å². The van der Waals surface area contributed by atoms with Crippen LogP contribution in [0.25, 0.3) is 0 Å². The number of aromatic nitrogens is 1. The van der Waals surface area contributed by atoms with E-state index in [1.54, 1.807) is 23.2 Å². The monoisotopic (exact) mass is 397 g/mol. The number of aryl methyl sites for hydroxylation is 1. The fourth-order valence-electron chi connectivity index (χ4n) is 4.63. The smallest absolute Gasteiger partial charge is 0.329 e. The van der Waals surface area contributed by atoms with Gasteiger partial charge in [0.15, 0.2) is 0 Å². The second-order valence-corrected chi connectivity index (χ2v) is 8.31. The van der Waals surface area contributed by atoms with Gasteiger partial charge in [0, 0.05) is 29.9 Å². The van der Waals surface area contributed by atoms with E-state index >= 15 is 0 Å². The molecule has 2 N–H and O–H groups in total. The van der Waals surface area contributed by atoms with Crippen LogP contribution in [-0.4, -0.2) is 42.1 Å². The quantitative estimate of drug-likeness (QED) is 0.852. The van der Waals surface area contributed by atoms with Gasteiger partial charge in [0.2, 0.25) is 0 Å². The van der Waals surface area contributed by atoms with Gasteiger partial charge < -0.3 is 10.6 Å². The van der Waals surface area contributed by atoms with Crippen LogP contribution < -0.4 is 15.5 Å². The molecule has 29 heavy (non-hydrogen) atoms. The van der Waals surface area contributed by atoms with Gasteiger partial charge >= 0.3 is 6.03 Å². The van der Waals surface area contributed by atoms with Gasteiger partial charge in [-0.1, -0.05) is 12.1 Å². The number of pyridine rings is 1. The Bertz CT molecular complexity index is 903. The maximum atomic E-state index is 14.7. The number of fused-ring (bicyclic) bond motifs is 1. The van der Waals surface area contributed by atoms with Crippen molar-refractivity contribution in [1.29, 1.82) is 0 Å². The van der Waals surface area contributed by atoms with Gasteiger partial charge in [-0.25, -0.2) is 14.2 Å². The summed E-state index contributed by atoms with van der Waals surface area (Å²) in [6, 6.07) is 7.07. The zero-order valence-corrected chi connectivity index (χ0v) is 17.2. The van der Waals surface area contributed by atoms with Crippen molar-refractivity contribution in [2.24, 2.45) is 0 Å². The van der Waals surface area contributed by atoms with E-state index in [1.807, 2.05) is 17.9 Å². The fraction of sp³-hybridized carbons (Fsp3) is 0.455. The number of carbonyl (C=O) groups excluding carboxylic acids is 1. The normalized spacial score (nSPS) is 22.2. The molecule has 1 aliphatic heterocycles. The lowest BCUT2D eigenvalue weighted by molar-refractivity contribution is 0.209. The highest BCUT2D eigenvalue weighted by Gasteiger charge is 2.39. The van der Waals surface area contributed by atoms with Gasteiger partial charge in [-0.3, -0.25) is 9.80 Å². The van der Waals surface area contributed by atoms with E-state index in [9.17, 15) is 9.18 Å². The summed E-state index contributed by atoms with van der Waals surface area (Å²) in [5, 5.41) is 0. The number of carbonyl (C=O) groups is 1. The molecule has 2 heterocycles. The number of hydrogen-bond donors (Lipinski definition) is 1. The van der Waals surface area contributed by atoms with Crippen molar-refractivity contribution in [3.8, 4) is 0 Å². The maximum Gasteiger partial charge on any atom is 0.329 e. The molecule has 1 aliphatic carbocycles. The van der Waals surface area contributed by atoms with Crippen LogP contribution in [0.2, 0.25) is 0 Å². The Morgan fingerprint density at radius 1 is 1.21 bits per heavy atom. The molecule has 4 rings (SSSR count). The molecule has 1 aromatic heterocycles. The van der Waals surface area contributed by atoms with Gasteiger partial charge in [-0.2, -0.15) is 0 Å². The predicted octanol–water partition coefficient (Wildman–Crippen LogP) is 3.93. The lowest BCUT2D eigenvalue weighted by Gasteiger charge is -2.44. The molecule has 2 amide bonds. The third kappa shape index (κ3) is 3.55. The molecule has 2 aliphatic rings. The minimum absolute atomic E-state index is 0.0640. The van der Waals surface area contributed by atoms with Crippen molar-refractivity contribution in [2.75, 3.05) is 29.6 Å². The van der Waals surface area contributed by atoms with Crippen LogP contribution in [0.1, 0.15) is 36.8 Å². The van der Waals surface area contributed by atoms with Gasteiger partial charge in [-0.05, 0) is 58.3 Å². The summed E-state index contributed by atoms with van der Waals surface area (Å²) >= 11 is 0. The van der Waals surface area contributed by atoms with E-state index in [-0.39, 0.29) is 24.4 Å². The van der Waals surface area contributed by atoms with Crippen LogP contribution in [0.3, 0.4) is 0 Å². The molecule has 2 aromatic rings. The Hall–Kier alpha value is -2.67. The summed E-state index contributed by atoms with van der Waals surface area (Å²) in [4.78, 5) is 23.5. The van der Waals surface area contributed by atoms with E-state index in [1.165, 1.54) is 6.07 Å². The molecule has 0 unspecified atom stereocenters. The number of anilines is 3. The second kappa shape index (κ2) is 7.63. The summed E-state index contributed by atoms with van der Waals surface area (Å²) in [7, 11) is 4.20. The first-order chi connectivity index (χ1) is 13.9. The van der Waals surface area contributed by atoms with E-state index < -0.39 is 0 Å². The van der Waals surface area contributed by atoms with Gasteiger partial charge in [-0.15, -0.1) is 0 Å². The van der Waals surface area contributed by atoms with Gasteiger partial charge in [0.25, 0.3) is 0 Å². The number of halogens is 1. The molecular formula is C22H28FN5O. The third-order valence-electron chi connectivity index (χ3n) is 6.23. The van der Waals surface area contributed by atoms with Crippen LogP contribution >= 0.6 is 0 Å². The Balaban J connectivity index is 1.73. The number of nitrogens with two attached hydrogens (primary N) is 1. The average Bonchev–Trinajstić information content (AvgIpc) is 2.68. The Morgan fingerprint density at radius 3 is 2.59 bits per heavy atom. The molecule has 0 saturated heterocycles. The number of amides is 2. The minimum Gasteiger partial charge on any atom is -0.384 e. The summed E-state index contributed by atoms with van der Waals surface area (Å²) in [5.41, 5.74) is 8.71. The highest BCUT2D eigenvalue weighted by Crippen LogP contribution is 2.39. The summed E-state index contributed by atoms with van der Waals surface area (Å²) in [6.07, 6.45) is 5.56. The van der Waals surface area contributed by atoms with Crippen LogP contribution in [0.4, 0.5) is 26.4 Å². The molecule has 1 fully saturated rings. The summed E-state index contributed by atoms with van der Waals surface area (Å²) in [5.74, 6) is 0.000481. The van der Waals surface area contributed by atoms with Gasteiger partial charge in [0.1, 0.15) is 11.6 Å². The number of nitrogen functional groups attached to an aromatic ring is 1. The number of nitrogens with zero attached hydrogens (tertiary/aromatic N) is 4. The number of benzene rings is 1. The van der Waals surface area contributed by atoms with Crippen LogP contribution in [0.5, 0.6) is 0 Å². The Morgan fingerprint density at radius 2 is 1.93 bits per heavy atom. The van der Waals surface area contributed by atoms with Crippen LogP contribution in [0.15, 0.2) is 30.5 Å². The van der Waals surface area contributed by atoms with Crippen molar-refractivity contribution in [3.63, 3.8) is 0 Å². The number of para-hydroxylation sites is 1. The fourth-order valence-corrected chi connectivity index (χ4v) is 4.63. The third-order valence-corrected chi connectivity index (χ3v) is 6.23. The molecule has 154 valence electrons. The molecule has 0 atom stereocenters. The van der Waals surface area contributed by atoms with E-state index in [0.29, 0.717) is 17.5 Å². The molecular weight excluding hydrogens is 369 g/mol. The van der Waals surface area contributed by atoms with E-state index in [2.05, 4.69) is 24.0 Å². The highest BCUT2D eigenvalue weighted by molar-refractivity contribution is 6.07. The number of hydrogen-bond acceptors (Lipinski definition) is 4. The zero-order valence-electron chi connectivity index (χ0n) is 17.2. The summed E-state index contributed by atoms with van der Waals surface area (Å²) in [6.45, 7) is 2.11. The molecule has 0 bridgehead atoms. The zero-order chi connectivity index (χ0) is 20.7. The molecule has 0 spiro atoms. The lowest BCUT2D eigenvalue weighted by atomic mass is 9.88. The van der Waals surface area contributed by atoms with Crippen molar-refractivity contribution >= 4 is 23.2 Å². The number of urea groups is 1. The highest BCUT2D eigenvalue weighted by atomic mass is 19.1. The first-order valence-corrected chi connectivity index (χ1v) is 10.1. The maximum absolute atomic E-state index is 14.7. The Labute approximate surface area is 171 Å². The molecule has 7 heteroatoms. The van der Waals surface area contributed by atoms with E-state index in [4.69, 9.17) is 5.73 Å². The van der Waals surface area contributed by atoms with Crippen molar-refractivity contribution < 1.29 is 9.18 Å². The van der Waals surface area contributed by atoms with Crippen molar-refractivity contribution in [1.82, 2.24) is 9.88 Å². The molecule has 0 radical (unpaired) electrons. The average molecular weight is 397 g/mol.